The van der Waals surface area contributed by atoms with Gasteiger partial charge in [0, 0.05) is 51.0 Å². The molecular formula is C24H33ClN4O. The highest BCUT2D eigenvalue weighted by atomic mass is 35.5. The van der Waals surface area contributed by atoms with Crippen molar-refractivity contribution in [3.63, 3.8) is 0 Å². The van der Waals surface area contributed by atoms with Crippen LogP contribution in [0.25, 0.3) is 0 Å². The largest absolute Gasteiger partial charge is 0.340 e. The number of nitrogens with zero attached hydrogens (tertiary/aromatic N) is 4. The summed E-state index contributed by atoms with van der Waals surface area (Å²) >= 11 is 6.00. The first-order valence-corrected chi connectivity index (χ1v) is 11.6. The van der Waals surface area contributed by atoms with Crippen molar-refractivity contribution in [1.82, 2.24) is 19.4 Å². The molecule has 0 bridgehead atoms. The molecule has 2 unspecified atom stereocenters. The third kappa shape index (κ3) is 4.73. The van der Waals surface area contributed by atoms with E-state index in [1.54, 1.807) is 6.33 Å². The topological polar surface area (TPSA) is 41.4 Å². The molecule has 0 N–H and O–H groups in total. The summed E-state index contributed by atoms with van der Waals surface area (Å²) in [6, 6.07) is 8.17. The number of benzene rings is 1. The van der Waals surface area contributed by atoms with Crippen molar-refractivity contribution in [3.8, 4) is 0 Å². The number of likely N-dealkylation sites (tertiary alicyclic amines) is 1. The predicted octanol–water partition coefficient (Wildman–Crippen LogP) is 4.33. The van der Waals surface area contributed by atoms with Gasteiger partial charge in [-0.25, -0.2) is 4.98 Å². The Bertz CT molecular complexity index is 848. The number of piperidine rings is 1. The molecule has 1 aromatic carbocycles. The smallest absolute Gasteiger partial charge is 0.274 e. The van der Waals surface area contributed by atoms with Crippen LogP contribution in [-0.4, -0.2) is 51.4 Å². The van der Waals surface area contributed by atoms with Crippen molar-refractivity contribution >= 4 is 17.5 Å². The molecule has 0 radical (unpaired) electrons. The lowest BCUT2D eigenvalue weighted by Crippen LogP contribution is -2.38. The van der Waals surface area contributed by atoms with Crippen molar-refractivity contribution in [2.24, 2.45) is 30.7 Å². The molecule has 2 aromatic rings. The second-order valence-corrected chi connectivity index (χ2v) is 9.57. The van der Waals surface area contributed by atoms with Crippen LogP contribution < -0.4 is 0 Å². The molecule has 1 saturated heterocycles. The first-order valence-electron chi connectivity index (χ1n) is 11.2. The van der Waals surface area contributed by atoms with E-state index in [-0.39, 0.29) is 5.91 Å². The van der Waals surface area contributed by atoms with E-state index in [4.69, 9.17) is 11.6 Å². The molecule has 162 valence electrons. The van der Waals surface area contributed by atoms with Crippen molar-refractivity contribution in [3.05, 3.63) is 53.1 Å². The van der Waals surface area contributed by atoms with Gasteiger partial charge >= 0.3 is 0 Å². The van der Waals surface area contributed by atoms with Gasteiger partial charge in [0.15, 0.2) is 0 Å². The summed E-state index contributed by atoms with van der Waals surface area (Å²) < 4.78 is 1.85. The van der Waals surface area contributed by atoms with E-state index in [9.17, 15) is 4.79 Å². The van der Waals surface area contributed by atoms with Gasteiger partial charge in [0.2, 0.25) is 0 Å². The van der Waals surface area contributed by atoms with Gasteiger partial charge in [-0.2, -0.15) is 0 Å². The Labute approximate surface area is 185 Å². The molecule has 1 aliphatic heterocycles. The van der Waals surface area contributed by atoms with Gasteiger partial charge in [-0.3, -0.25) is 9.69 Å². The standard InChI is InChI=1S/C24H33ClN4O/c1-4-17(5-2)11-29(24(30)23-15-27(3)16-26-23)14-22-20-12-28(13-21(20)22)10-18-6-8-19(25)9-7-18/h6-9,15-17,20-22H,4-5,10-14H2,1-3H3. The Balaban J connectivity index is 1.35. The third-order valence-electron chi connectivity index (χ3n) is 7.04. The van der Waals surface area contributed by atoms with Crippen molar-refractivity contribution < 1.29 is 4.79 Å². The number of carbonyl (C=O) groups is 1. The molecule has 2 fully saturated rings. The monoisotopic (exact) mass is 428 g/mol. The van der Waals surface area contributed by atoms with Gasteiger partial charge in [-0.05, 0) is 41.4 Å². The average Bonchev–Trinajstić information content (AvgIpc) is 3.08. The second kappa shape index (κ2) is 9.11. The maximum Gasteiger partial charge on any atom is 0.274 e. The third-order valence-corrected chi connectivity index (χ3v) is 7.29. The van der Waals surface area contributed by atoms with Crippen LogP contribution in [0.5, 0.6) is 0 Å². The van der Waals surface area contributed by atoms with Crippen LogP contribution in [0.4, 0.5) is 0 Å². The van der Waals surface area contributed by atoms with Gasteiger partial charge in [0.25, 0.3) is 5.91 Å². The second-order valence-electron chi connectivity index (χ2n) is 9.13. The summed E-state index contributed by atoms with van der Waals surface area (Å²) in [6.07, 6.45) is 5.76. The van der Waals surface area contributed by atoms with E-state index >= 15 is 0 Å². The Morgan fingerprint density at radius 1 is 1.20 bits per heavy atom. The van der Waals surface area contributed by atoms with E-state index < -0.39 is 0 Å². The Kier molecular flexibility index (Phi) is 6.49. The van der Waals surface area contributed by atoms with Gasteiger partial charge in [0.05, 0.1) is 6.33 Å². The molecule has 2 heterocycles. The molecule has 2 atom stereocenters. The number of amides is 1. The molecule has 1 aliphatic carbocycles. The Morgan fingerprint density at radius 2 is 1.87 bits per heavy atom. The number of aryl methyl sites for hydroxylation is 1. The van der Waals surface area contributed by atoms with Crippen LogP contribution in [-0.2, 0) is 13.6 Å². The Hall–Kier alpha value is -1.85. The van der Waals surface area contributed by atoms with Gasteiger partial charge < -0.3 is 9.47 Å². The minimum Gasteiger partial charge on any atom is -0.340 e. The lowest BCUT2D eigenvalue weighted by atomic mass is 10.0. The summed E-state index contributed by atoms with van der Waals surface area (Å²) in [5, 5.41) is 0.790. The highest BCUT2D eigenvalue weighted by Gasteiger charge is 2.55. The van der Waals surface area contributed by atoms with Gasteiger partial charge in [-0.1, -0.05) is 50.4 Å². The van der Waals surface area contributed by atoms with Crippen molar-refractivity contribution in [1.29, 1.82) is 0 Å². The zero-order valence-electron chi connectivity index (χ0n) is 18.3. The van der Waals surface area contributed by atoms with Crippen molar-refractivity contribution in [2.75, 3.05) is 26.2 Å². The summed E-state index contributed by atoms with van der Waals surface area (Å²) in [5.74, 6) is 2.72. The summed E-state index contributed by atoms with van der Waals surface area (Å²) in [7, 11) is 1.91. The number of rotatable bonds is 9. The van der Waals surface area contributed by atoms with Gasteiger partial charge in [-0.15, -0.1) is 0 Å². The zero-order chi connectivity index (χ0) is 21.3. The maximum atomic E-state index is 13.2. The number of imidazole rings is 1. The lowest BCUT2D eigenvalue weighted by Gasteiger charge is -2.28. The van der Waals surface area contributed by atoms with Crippen molar-refractivity contribution in [2.45, 2.75) is 33.2 Å². The fourth-order valence-electron chi connectivity index (χ4n) is 5.02. The summed E-state index contributed by atoms with van der Waals surface area (Å²) in [5.41, 5.74) is 1.89. The molecule has 1 aromatic heterocycles. The minimum atomic E-state index is 0.0884. The quantitative estimate of drug-likeness (QED) is 0.596. The molecule has 1 amide bonds. The first kappa shape index (κ1) is 21.4. The molecule has 4 rings (SSSR count). The van der Waals surface area contributed by atoms with E-state index in [0.717, 1.165) is 62.4 Å². The summed E-state index contributed by atoms with van der Waals surface area (Å²) in [6.45, 7) is 9.41. The average molecular weight is 429 g/mol. The highest BCUT2D eigenvalue weighted by molar-refractivity contribution is 6.30. The number of hydrogen-bond donors (Lipinski definition) is 0. The summed E-state index contributed by atoms with van der Waals surface area (Å²) in [4.78, 5) is 22.1. The van der Waals surface area contributed by atoms with Crippen LogP contribution >= 0.6 is 11.6 Å². The number of fused-ring (bicyclic) bond motifs is 1. The molecule has 1 saturated carbocycles. The van der Waals surface area contributed by atoms with Crippen LogP contribution in [0.15, 0.2) is 36.8 Å². The fraction of sp³-hybridized carbons (Fsp3) is 0.583. The van der Waals surface area contributed by atoms with E-state index in [0.29, 0.717) is 17.5 Å². The van der Waals surface area contributed by atoms with E-state index in [1.165, 1.54) is 5.56 Å². The predicted molar refractivity (Wildman–Crippen MR) is 120 cm³/mol. The van der Waals surface area contributed by atoms with E-state index in [1.807, 2.05) is 29.9 Å². The molecule has 5 nitrogen and oxygen atoms in total. The lowest BCUT2D eigenvalue weighted by molar-refractivity contribution is 0.0699. The molecule has 0 spiro atoms. The fourth-order valence-corrected chi connectivity index (χ4v) is 5.15. The van der Waals surface area contributed by atoms with E-state index in [2.05, 4.69) is 40.8 Å². The molecular weight excluding hydrogens is 396 g/mol. The molecule has 6 heteroatoms. The number of aromatic nitrogens is 2. The van der Waals surface area contributed by atoms with Crippen LogP contribution in [0, 0.1) is 23.7 Å². The number of carbonyl (C=O) groups excluding carboxylic acids is 1. The zero-order valence-corrected chi connectivity index (χ0v) is 19.1. The maximum absolute atomic E-state index is 13.2. The number of halogens is 1. The van der Waals surface area contributed by atoms with Crippen LogP contribution in [0.3, 0.4) is 0 Å². The first-order chi connectivity index (χ1) is 14.5. The van der Waals surface area contributed by atoms with Crippen LogP contribution in [0.2, 0.25) is 5.02 Å². The molecule has 30 heavy (non-hydrogen) atoms. The minimum absolute atomic E-state index is 0.0884. The molecule has 2 aliphatic rings. The Morgan fingerprint density at radius 3 is 2.43 bits per heavy atom. The normalized spacial score (nSPS) is 23.0. The van der Waals surface area contributed by atoms with Crippen LogP contribution in [0.1, 0.15) is 42.7 Å². The SMILES string of the molecule is CCC(CC)CN(CC1C2CN(Cc3ccc(Cl)cc3)CC21)C(=O)c1cn(C)cn1. The number of hydrogen-bond acceptors (Lipinski definition) is 3. The van der Waals surface area contributed by atoms with Gasteiger partial charge in [0.1, 0.15) is 5.69 Å². The highest BCUT2D eigenvalue weighted by Crippen LogP contribution is 2.52.